The highest BCUT2D eigenvalue weighted by Gasteiger charge is 2.65. The standard InChI is InChI=1S/C20H33NO7S/c1-11(2)14(10-20(3,4)5)18(22)26-7-6-21-19(23)27-16-12-8-13-15(9-12)29(24,25)28-17(13)16/h11-17H,6-10H2,1-5H3,(H,21,23). The lowest BCUT2D eigenvalue weighted by molar-refractivity contribution is -0.151. The van der Waals surface area contributed by atoms with Crippen molar-refractivity contribution in [3.8, 4) is 0 Å². The summed E-state index contributed by atoms with van der Waals surface area (Å²) >= 11 is 0. The number of hydrogen-bond acceptors (Lipinski definition) is 7. The topological polar surface area (TPSA) is 108 Å². The molecule has 0 aromatic carbocycles. The van der Waals surface area contributed by atoms with Crippen LogP contribution in [0.15, 0.2) is 0 Å². The van der Waals surface area contributed by atoms with Crippen LogP contribution in [0.5, 0.6) is 0 Å². The SMILES string of the molecule is CC(C)C(CC(C)(C)C)C(=O)OCCNC(=O)OC1C2CC3C1OS(=O)(=O)C3C2. The van der Waals surface area contributed by atoms with Crippen molar-refractivity contribution in [1.29, 1.82) is 0 Å². The average Bonchev–Trinajstić information content (AvgIpc) is 3.20. The van der Waals surface area contributed by atoms with Crippen LogP contribution in [0.25, 0.3) is 0 Å². The third-order valence-corrected chi connectivity index (χ3v) is 7.99. The number of nitrogens with one attached hydrogen (secondary N) is 1. The molecule has 3 fully saturated rings. The molecule has 3 rings (SSSR count). The van der Waals surface area contributed by atoms with E-state index in [-0.39, 0.29) is 48.2 Å². The molecule has 1 heterocycles. The normalized spacial score (nSPS) is 33.0. The van der Waals surface area contributed by atoms with Crippen LogP contribution in [0.3, 0.4) is 0 Å². The Morgan fingerprint density at radius 1 is 1.21 bits per heavy atom. The highest BCUT2D eigenvalue weighted by molar-refractivity contribution is 7.87. The molecule has 2 bridgehead atoms. The van der Waals surface area contributed by atoms with Gasteiger partial charge in [0.15, 0.2) is 0 Å². The number of rotatable bonds is 7. The number of carbonyl (C=O) groups excluding carboxylic acids is 2. The lowest BCUT2D eigenvalue weighted by Crippen LogP contribution is -2.40. The minimum Gasteiger partial charge on any atom is -0.464 e. The van der Waals surface area contributed by atoms with Crippen LogP contribution < -0.4 is 5.32 Å². The molecule has 2 saturated carbocycles. The Bertz CT molecular complexity index is 742. The Kier molecular flexibility index (Phi) is 6.21. The molecule has 6 atom stereocenters. The van der Waals surface area contributed by atoms with Gasteiger partial charge in [-0.3, -0.25) is 8.98 Å². The van der Waals surface area contributed by atoms with E-state index in [1.165, 1.54) is 0 Å². The van der Waals surface area contributed by atoms with Crippen LogP contribution in [0.2, 0.25) is 0 Å². The second-order valence-electron chi connectivity index (χ2n) is 10.1. The number of carbonyl (C=O) groups is 2. The first-order valence-corrected chi connectivity index (χ1v) is 11.9. The number of amides is 1. The van der Waals surface area contributed by atoms with Gasteiger partial charge in [0.05, 0.1) is 17.7 Å². The first-order valence-electron chi connectivity index (χ1n) is 10.4. The molecule has 0 aromatic heterocycles. The quantitative estimate of drug-likeness (QED) is 0.375. The summed E-state index contributed by atoms with van der Waals surface area (Å²) < 4.78 is 39.9. The average molecular weight is 432 g/mol. The summed E-state index contributed by atoms with van der Waals surface area (Å²) in [5, 5.41) is 2.13. The number of alkyl carbamates (subject to hydrolysis) is 1. The lowest BCUT2D eigenvalue weighted by Gasteiger charge is -2.27. The summed E-state index contributed by atoms with van der Waals surface area (Å²) in [7, 11) is -3.53. The molecule has 1 aliphatic heterocycles. The monoisotopic (exact) mass is 431 g/mol. The van der Waals surface area contributed by atoms with Crippen molar-refractivity contribution < 1.29 is 31.7 Å². The number of fused-ring (bicyclic) bond motifs is 1. The summed E-state index contributed by atoms with van der Waals surface area (Å²) in [6.07, 6.45) is 0.203. The molecule has 166 valence electrons. The summed E-state index contributed by atoms with van der Waals surface area (Å²) in [5.74, 6) is -0.317. The smallest absolute Gasteiger partial charge is 0.407 e. The molecular formula is C20H33NO7S. The first kappa shape index (κ1) is 22.3. The van der Waals surface area contributed by atoms with Gasteiger partial charge in [-0.1, -0.05) is 34.6 Å². The van der Waals surface area contributed by atoms with Crippen molar-refractivity contribution >= 4 is 22.2 Å². The fourth-order valence-electron chi connectivity index (χ4n) is 4.87. The second kappa shape index (κ2) is 8.06. The number of ether oxygens (including phenoxy) is 2. The van der Waals surface area contributed by atoms with Crippen molar-refractivity contribution in [3.05, 3.63) is 0 Å². The van der Waals surface area contributed by atoms with Gasteiger partial charge in [-0.15, -0.1) is 0 Å². The van der Waals surface area contributed by atoms with Crippen LogP contribution in [0, 0.1) is 29.1 Å². The first-order chi connectivity index (χ1) is 13.4. The fraction of sp³-hybridized carbons (Fsp3) is 0.900. The van der Waals surface area contributed by atoms with E-state index in [0.29, 0.717) is 12.8 Å². The number of esters is 1. The van der Waals surface area contributed by atoms with Crippen molar-refractivity contribution in [3.63, 3.8) is 0 Å². The minimum absolute atomic E-state index is 0.0193. The van der Waals surface area contributed by atoms with Gasteiger partial charge >= 0.3 is 12.1 Å². The van der Waals surface area contributed by atoms with Gasteiger partial charge in [0.1, 0.15) is 18.8 Å². The molecule has 8 nitrogen and oxygen atoms in total. The van der Waals surface area contributed by atoms with E-state index in [1.807, 2.05) is 13.8 Å². The van der Waals surface area contributed by atoms with E-state index >= 15 is 0 Å². The van der Waals surface area contributed by atoms with Gasteiger partial charge in [-0.2, -0.15) is 8.42 Å². The predicted octanol–water partition coefficient (Wildman–Crippen LogP) is 2.47. The Hall–Kier alpha value is -1.35. The Labute approximate surface area is 173 Å². The molecule has 0 radical (unpaired) electrons. The molecule has 29 heavy (non-hydrogen) atoms. The lowest BCUT2D eigenvalue weighted by atomic mass is 9.80. The zero-order chi connectivity index (χ0) is 21.6. The molecule has 0 spiro atoms. The fourth-order valence-corrected chi connectivity index (χ4v) is 6.75. The summed E-state index contributed by atoms with van der Waals surface area (Å²) in [4.78, 5) is 24.5. The Morgan fingerprint density at radius 2 is 1.90 bits per heavy atom. The van der Waals surface area contributed by atoms with Crippen molar-refractivity contribution in [2.45, 2.75) is 71.3 Å². The Balaban J connectivity index is 1.40. The van der Waals surface area contributed by atoms with E-state index in [2.05, 4.69) is 26.1 Å². The van der Waals surface area contributed by atoms with Crippen LogP contribution in [0.1, 0.15) is 53.9 Å². The minimum atomic E-state index is -3.53. The Morgan fingerprint density at radius 3 is 2.52 bits per heavy atom. The van der Waals surface area contributed by atoms with Gasteiger partial charge in [0, 0.05) is 11.8 Å². The van der Waals surface area contributed by atoms with Gasteiger partial charge in [-0.05, 0) is 30.6 Å². The zero-order valence-electron chi connectivity index (χ0n) is 17.8. The van der Waals surface area contributed by atoms with Crippen molar-refractivity contribution in [2.75, 3.05) is 13.2 Å². The van der Waals surface area contributed by atoms with Gasteiger partial charge in [-0.25, -0.2) is 4.79 Å². The van der Waals surface area contributed by atoms with E-state index in [1.54, 1.807) is 0 Å². The van der Waals surface area contributed by atoms with Crippen LogP contribution in [-0.4, -0.2) is 51.1 Å². The highest BCUT2D eigenvalue weighted by Crippen LogP contribution is 2.55. The number of hydrogen-bond donors (Lipinski definition) is 1. The third-order valence-electron chi connectivity index (χ3n) is 6.21. The van der Waals surface area contributed by atoms with Crippen molar-refractivity contribution in [2.24, 2.45) is 29.1 Å². The summed E-state index contributed by atoms with van der Waals surface area (Å²) in [6.45, 7) is 10.5. The van der Waals surface area contributed by atoms with E-state index in [9.17, 15) is 18.0 Å². The van der Waals surface area contributed by atoms with E-state index in [0.717, 1.165) is 6.42 Å². The third kappa shape index (κ3) is 4.87. The zero-order valence-corrected chi connectivity index (χ0v) is 18.7. The largest absolute Gasteiger partial charge is 0.464 e. The maximum atomic E-state index is 12.4. The molecule has 3 aliphatic rings. The van der Waals surface area contributed by atoms with Gasteiger partial charge in [0.2, 0.25) is 0 Å². The van der Waals surface area contributed by atoms with Crippen molar-refractivity contribution in [1.82, 2.24) is 5.32 Å². The molecule has 1 amide bonds. The molecule has 0 aromatic rings. The van der Waals surface area contributed by atoms with Crippen LogP contribution in [-0.2, 0) is 28.6 Å². The van der Waals surface area contributed by atoms with Gasteiger partial charge < -0.3 is 14.8 Å². The predicted molar refractivity (Wildman–Crippen MR) is 105 cm³/mol. The molecule has 1 saturated heterocycles. The molecule has 2 aliphatic carbocycles. The second-order valence-corrected chi connectivity index (χ2v) is 11.9. The van der Waals surface area contributed by atoms with E-state index in [4.69, 9.17) is 13.7 Å². The molecular weight excluding hydrogens is 398 g/mol. The maximum absolute atomic E-state index is 12.4. The maximum Gasteiger partial charge on any atom is 0.407 e. The molecule has 6 unspecified atom stereocenters. The summed E-state index contributed by atoms with van der Waals surface area (Å²) in [5.41, 5.74) is 0.0193. The summed E-state index contributed by atoms with van der Waals surface area (Å²) in [6, 6.07) is 0. The van der Waals surface area contributed by atoms with Gasteiger partial charge in [0.25, 0.3) is 10.1 Å². The van der Waals surface area contributed by atoms with Crippen LogP contribution >= 0.6 is 0 Å². The molecule has 9 heteroatoms. The van der Waals surface area contributed by atoms with E-state index < -0.39 is 33.7 Å². The highest BCUT2D eigenvalue weighted by atomic mass is 32.2. The van der Waals surface area contributed by atoms with Crippen LogP contribution in [0.4, 0.5) is 4.79 Å². The molecule has 1 N–H and O–H groups in total.